The van der Waals surface area contributed by atoms with Crippen LogP contribution in [0, 0.1) is 6.92 Å². The number of carboxylic acid groups (broad SMARTS) is 1. The smallest absolute Gasteiger partial charge is 0.317 e. The van der Waals surface area contributed by atoms with E-state index in [2.05, 4.69) is 11.6 Å². The molecule has 0 aliphatic heterocycles. The molecule has 1 rings (SSSR count). The maximum absolute atomic E-state index is 10.6. The van der Waals surface area contributed by atoms with Gasteiger partial charge >= 0.3 is 5.97 Å². The molecular weight excluding hydrogens is 204 g/mol. The fourth-order valence-corrected chi connectivity index (χ4v) is 1.41. The SMILES string of the molecule is C=CCN(CC(=O)O)Cc1ccc(C)nc1. The van der Waals surface area contributed by atoms with E-state index in [1.54, 1.807) is 17.2 Å². The number of carboxylic acids is 1. The van der Waals surface area contributed by atoms with Crippen molar-refractivity contribution in [3.63, 3.8) is 0 Å². The summed E-state index contributed by atoms with van der Waals surface area (Å²) >= 11 is 0. The lowest BCUT2D eigenvalue weighted by molar-refractivity contribution is -0.138. The summed E-state index contributed by atoms with van der Waals surface area (Å²) in [5.41, 5.74) is 1.96. The van der Waals surface area contributed by atoms with Gasteiger partial charge in [0.15, 0.2) is 0 Å². The zero-order chi connectivity index (χ0) is 12.0. The van der Waals surface area contributed by atoms with Crippen molar-refractivity contribution < 1.29 is 9.90 Å². The molecule has 0 saturated heterocycles. The maximum Gasteiger partial charge on any atom is 0.317 e. The van der Waals surface area contributed by atoms with Crippen LogP contribution in [0.5, 0.6) is 0 Å². The second-order valence-electron chi connectivity index (χ2n) is 3.66. The summed E-state index contributed by atoms with van der Waals surface area (Å²) in [4.78, 5) is 16.6. The molecule has 0 aliphatic rings. The van der Waals surface area contributed by atoms with Crippen LogP contribution in [0.1, 0.15) is 11.3 Å². The van der Waals surface area contributed by atoms with Gasteiger partial charge in [-0.15, -0.1) is 6.58 Å². The van der Waals surface area contributed by atoms with E-state index in [1.165, 1.54) is 0 Å². The monoisotopic (exact) mass is 220 g/mol. The standard InChI is InChI=1S/C12H16N2O2/c1-3-6-14(9-12(15)16)8-11-5-4-10(2)13-7-11/h3-5,7H,1,6,8-9H2,2H3,(H,15,16). The number of pyridine rings is 1. The second-order valence-corrected chi connectivity index (χ2v) is 3.66. The van der Waals surface area contributed by atoms with Gasteiger partial charge in [0.2, 0.25) is 0 Å². The van der Waals surface area contributed by atoms with Crippen molar-refractivity contribution in [2.45, 2.75) is 13.5 Å². The third-order valence-corrected chi connectivity index (χ3v) is 2.12. The van der Waals surface area contributed by atoms with Crippen LogP contribution in [0.3, 0.4) is 0 Å². The molecular formula is C12H16N2O2. The van der Waals surface area contributed by atoms with Crippen molar-refractivity contribution in [1.29, 1.82) is 0 Å². The molecule has 0 aromatic carbocycles. The summed E-state index contributed by atoms with van der Waals surface area (Å²) in [7, 11) is 0. The lowest BCUT2D eigenvalue weighted by Gasteiger charge is -2.17. The first kappa shape index (κ1) is 12.4. The third-order valence-electron chi connectivity index (χ3n) is 2.12. The molecule has 4 nitrogen and oxygen atoms in total. The van der Waals surface area contributed by atoms with E-state index < -0.39 is 5.97 Å². The van der Waals surface area contributed by atoms with Gasteiger partial charge in [-0.25, -0.2) is 0 Å². The van der Waals surface area contributed by atoms with Crippen LogP contribution in [0.25, 0.3) is 0 Å². The van der Waals surface area contributed by atoms with Gasteiger partial charge in [-0.3, -0.25) is 14.7 Å². The Labute approximate surface area is 95.2 Å². The molecule has 1 aromatic rings. The summed E-state index contributed by atoms with van der Waals surface area (Å²) < 4.78 is 0. The van der Waals surface area contributed by atoms with Crippen molar-refractivity contribution >= 4 is 5.97 Å². The van der Waals surface area contributed by atoms with E-state index in [9.17, 15) is 4.79 Å². The molecule has 0 atom stereocenters. The van der Waals surface area contributed by atoms with Crippen LogP contribution >= 0.6 is 0 Å². The first-order valence-electron chi connectivity index (χ1n) is 5.08. The normalized spacial score (nSPS) is 10.4. The molecule has 1 aromatic heterocycles. The molecule has 0 unspecified atom stereocenters. The number of nitrogens with zero attached hydrogens (tertiary/aromatic N) is 2. The van der Waals surface area contributed by atoms with Gasteiger partial charge in [-0.05, 0) is 18.6 Å². The highest BCUT2D eigenvalue weighted by molar-refractivity contribution is 5.69. The lowest BCUT2D eigenvalue weighted by Crippen LogP contribution is -2.29. The maximum atomic E-state index is 10.6. The quantitative estimate of drug-likeness (QED) is 0.737. The number of aromatic nitrogens is 1. The largest absolute Gasteiger partial charge is 0.480 e. The minimum absolute atomic E-state index is 0.0138. The number of aliphatic carboxylic acids is 1. The second kappa shape index (κ2) is 6.02. The van der Waals surface area contributed by atoms with Crippen LogP contribution < -0.4 is 0 Å². The zero-order valence-electron chi connectivity index (χ0n) is 9.39. The van der Waals surface area contributed by atoms with Crippen LogP contribution in [-0.4, -0.2) is 34.0 Å². The first-order chi connectivity index (χ1) is 7.61. The molecule has 16 heavy (non-hydrogen) atoms. The molecule has 0 bridgehead atoms. The highest BCUT2D eigenvalue weighted by atomic mass is 16.4. The summed E-state index contributed by atoms with van der Waals surface area (Å²) in [5.74, 6) is -0.832. The van der Waals surface area contributed by atoms with E-state index >= 15 is 0 Å². The average Bonchev–Trinajstić information content (AvgIpc) is 2.21. The molecule has 0 aliphatic carbocycles. The molecule has 0 fully saturated rings. The molecule has 1 N–H and O–H groups in total. The first-order valence-corrected chi connectivity index (χ1v) is 5.08. The van der Waals surface area contributed by atoms with Crippen LogP contribution in [0.2, 0.25) is 0 Å². The average molecular weight is 220 g/mol. The van der Waals surface area contributed by atoms with Crippen molar-refractivity contribution in [3.8, 4) is 0 Å². The van der Waals surface area contributed by atoms with Crippen molar-refractivity contribution in [3.05, 3.63) is 42.2 Å². The van der Waals surface area contributed by atoms with Crippen molar-refractivity contribution in [1.82, 2.24) is 9.88 Å². The fourth-order valence-electron chi connectivity index (χ4n) is 1.41. The highest BCUT2D eigenvalue weighted by Gasteiger charge is 2.08. The molecule has 0 radical (unpaired) electrons. The Morgan fingerprint density at radius 2 is 2.38 bits per heavy atom. The Hall–Kier alpha value is -1.68. The zero-order valence-corrected chi connectivity index (χ0v) is 9.39. The topological polar surface area (TPSA) is 53.4 Å². The van der Waals surface area contributed by atoms with Gasteiger partial charge in [-0.1, -0.05) is 12.1 Å². The summed E-state index contributed by atoms with van der Waals surface area (Å²) in [6, 6.07) is 3.88. The van der Waals surface area contributed by atoms with Gasteiger partial charge in [0.05, 0.1) is 6.54 Å². The van der Waals surface area contributed by atoms with Crippen molar-refractivity contribution in [2.75, 3.05) is 13.1 Å². The molecule has 0 saturated carbocycles. The molecule has 1 heterocycles. The van der Waals surface area contributed by atoms with E-state index in [4.69, 9.17) is 5.11 Å². The van der Waals surface area contributed by atoms with Gasteiger partial charge < -0.3 is 5.11 Å². The van der Waals surface area contributed by atoms with E-state index in [0.29, 0.717) is 13.1 Å². The minimum Gasteiger partial charge on any atom is -0.480 e. The van der Waals surface area contributed by atoms with Gasteiger partial charge in [0, 0.05) is 25.0 Å². The predicted octanol–water partition coefficient (Wildman–Crippen LogP) is 1.46. The van der Waals surface area contributed by atoms with Crippen molar-refractivity contribution in [2.24, 2.45) is 0 Å². The number of carbonyl (C=O) groups is 1. The van der Waals surface area contributed by atoms with Crippen LogP contribution in [0.15, 0.2) is 31.0 Å². The molecule has 4 heteroatoms. The Morgan fingerprint density at radius 1 is 1.62 bits per heavy atom. The van der Waals surface area contributed by atoms with E-state index in [0.717, 1.165) is 11.3 Å². The predicted molar refractivity (Wildman–Crippen MR) is 62.1 cm³/mol. The summed E-state index contributed by atoms with van der Waals surface area (Å²) in [6.45, 7) is 6.68. The van der Waals surface area contributed by atoms with E-state index in [-0.39, 0.29) is 6.54 Å². The fraction of sp³-hybridized carbons (Fsp3) is 0.333. The molecule has 0 spiro atoms. The Balaban J connectivity index is 2.63. The van der Waals surface area contributed by atoms with Crippen LogP contribution in [-0.2, 0) is 11.3 Å². The number of rotatable bonds is 6. The number of hydrogen-bond acceptors (Lipinski definition) is 3. The Bertz CT molecular complexity index is 360. The number of aryl methyl sites for hydroxylation is 1. The Kier molecular flexibility index (Phi) is 4.66. The number of hydrogen-bond donors (Lipinski definition) is 1. The van der Waals surface area contributed by atoms with Crippen LogP contribution in [0.4, 0.5) is 0 Å². The molecule has 86 valence electrons. The highest BCUT2D eigenvalue weighted by Crippen LogP contribution is 2.04. The Morgan fingerprint density at radius 3 is 2.88 bits per heavy atom. The molecule has 0 amide bonds. The summed E-state index contributed by atoms with van der Waals surface area (Å²) in [5, 5.41) is 8.74. The minimum atomic E-state index is -0.832. The summed E-state index contributed by atoms with van der Waals surface area (Å²) in [6.07, 6.45) is 3.47. The van der Waals surface area contributed by atoms with Gasteiger partial charge in [0.1, 0.15) is 0 Å². The van der Waals surface area contributed by atoms with Gasteiger partial charge in [-0.2, -0.15) is 0 Å². The van der Waals surface area contributed by atoms with E-state index in [1.807, 2.05) is 19.1 Å². The lowest BCUT2D eigenvalue weighted by atomic mass is 10.2. The van der Waals surface area contributed by atoms with Gasteiger partial charge in [0.25, 0.3) is 0 Å². The third kappa shape index (κ3) is 4.23.